The highest BCUT2D eigenvalue weighted by atomic mass is 15.0. The van der Waals surface area contributed by atoms with E-state index in [4.69, 9.17) is 5.73 Å². The lowest BCUT2D eigenvalue weighted by Gasteiger charge is -1.99. The summed E-state index contributed by atoms with van der Waals surface area (Å²) < 4.78 is 0. The van der Waals surface area contributed by atoms with Gasteiger partial charge in [-0.15, -0.1) is 0 Å². The van der Waals surface area contributed by atoms with Crippen LogP contribution in [0.25, 0.3) is 6.08 Å². The number of anilines is 1. The molecule has 3 N–H and O–H groups in total. The van der Waals surface area contributed by atoms with Crippen LogP contribution in [0.5, 0.6) is 0 Å². The minimum Gasteiger partial charge on any atom is -0.368 e. The van der Waals surface area contributed by atoms with Crippen molar-refractivity contribution in [3.63, 3.8) is 0 Å². The average Bonchev–Trinajstić information content (AvgIpc) is 2.15. The quantitative estimate of drug-likeness (QED) is 0.698. The molecular weight excluding hydrogens is 176 g/mol. The molecule has 0 spiro atoms. The van der Waals surface area contributed by atoms with Crippen LogP contribution in [0.2, 0.25) is 0 Å². The first-order valence-corrected chi connectivity index (χ1v) is 4.64. The fraction of sp³-hybridized carbons (Fsp3) is 0.400. The second-order valence-electron chi connectivity index (χ2n) is 3.06. The highest BCUT2D eigenvalue weighted by Crippen LogP contribution is 2.07. The van der Waals surface area contributed by atoms with Crippen LogP contribution in [0.4, 0.5) is 5.95 Å². The van der Waals surface area contributed by atoms with Crippen molar-refractivity contribution in [2.24, 2.45) is 0 Å². The predicted molar refractivity (Wildman–Crippen MR) is 58.8 cm³/mol. The van der Waals surface area contributed by atoms with Gasteiger partial charge in [-0.2, -0.15) is 0 Å². The summed E-state index contributed by atoms with van der Waals surface area (Å²) in [4.78, 5) is 8.01. The summed E-state index contributed by atoms with van der Waals surface area (Å²) >= 11 is 0. The van der Waals surface area contributed by atoms with Crippen molar-refractivity contribution in [3.8, 4) is 0 Å². The van der Waals surface area contributed by atoms with Crippen LogP contribution >= 0.6 is 0 Å². The van der Waals surface area contributed by atoms with Gasteiger partial charge in [-0.05, 0) is 26.9 Å². The van der Waals surface area contributed by atoms with Gasteiger partial charge in [0.25, 0.3) is 0 Å². The zero-order valence-electron chi connectivity index (χ0n) is 8.62. The van der Waals surface area contributed by atoms with Crippen LogP contribution in [0, 0.1) is 6.92 Å². The highest BCUT2D eigenvalue weighted by molar-refractivity contribution is 5.51. The molecule has 0 aliphatic heterocycles. The molecule has 0 amide bonds. The van der Waals surface area contributed by atoms with Crippen molar-refractivity contribution < 1.29 is 0 Å². The van der Waals surface area contributed by atoms with Gasteiger partial charge in [0.05, 0.1) is 5.69 Å². The lowest BCUT2D eigenvalue weighted by atomic mass is 10.2. The highest BCUT2D eigenvalue weighted by Gasteiger charge is 1.96. The van der Waals surface area contributed by atoms with Gasteiger partial charge < -0.3 is 11.1 Å². The Labute approximate surface area is 84.3 Å². The molecule has 0 radical (unpaired) electrons. The second kappa shape index (κ2) is 5.34. The SMILES string of the molecule is CNCCC=Cc1cnc(N)nc1C. The number of nitrogens with zero attached hydrogens (tertiary/aromatic N) is 2. The number of rotatable bonds is 4. The Morgan fingerprint density at radius 3 is 3.00 bits per heavy atom. The molecule has 4 nitrogen and oxygen atoms in total. The Kier molecular flexibility index (Phi) is 4.07. The van der Waals surface area contributed by atoms with Crippen molar-refractivity contribution in [2.45, 2.75) is 13.3 Å². The Hall–Kier alpha value is -1.42. The van der Waals surface area contributed by atoms with Gasteiger partial charge in [0.2, 0.25) is 5.95 Å². The first kappa shape index (κ1) is 10.7. The molecule has 0 fully saturated rings. The fourth-order valence-electron chi connectivity index (χ4n) is 1.10. The molecule has 1 rings (SSSR count). The predicted octanol–water partition coefficient (Wildman–Crippen LogP) is 0.990. The van der Waals surface area contributed by atoms with E-state index in [1.165, 1.54) is 0 Å². The van der Waals surface area contributed by atoms with Crippen molar-refractivity contribution in [1.82, 2.24) is 15.3 Å². The molecule has 0 atom stereocenters. The molecule has 0 unspecified atom stereocenters. The number of nitrogens with one attached hydrogen (secondary N) is 1. The summed E-state index contributed by atoms with van der Waals surface area (Å²) in [6, 6.07) is 0. The smallest absolute Gasteiger partial charge is 0.220 e. The van der Waals surface area contributed by atoms with Crippen LogP contribution in [-0.4, -0.2) is 23.6 Å². The molecular formula is C10H16N4. The molecule has 1 aromatic heterocycles. The largest absolute Gasteiger partial charge is 0.368 e. The van der Waals surface area contributed by atoms with Gasteiger partial charge in [-0.1, -0.05) is 12.2 Å². The molecule has 4 heteroatoms. The van der Waals surface area contributed by atoms with Gasteiger partial charge in [-0.3, -0.25) is 0 Å². The molecule has 1 aromatic rings. The molecule has 0 saturated carbocycles. The summed E-state index contributed by atoms with van der Waals surface area (Å²) in [6.07, 6.45) is 6.86. The summed E-state index contributed by atoms with van der Waals surface area (Å²) in [7, 11) is 1.94. The maximum atomic E-state index is 5.45. The minimum absolute atomic E-state index is 0.329. The average molecular weight is 192 g/mol. The molecule has 0 aliphatic rings. The topological polar surface area (TPSA) is 63.8 Å². The summed E-state index contributed by atoms with van der Waals surface area (Å²) in [5, 5.41) is 3.08. The Balaban J connectivity index is 2.62. The Bertz CT molecular complexity index is 320. The van der Waals surface area contributed by atoms with Crippen molar-refractivity contribution in [2.75, 3.05) is 19.3 Å². The van der Waals surface area contributed by atoms with Gasteiger partial charge in [0.15, 0.2) is 0 Å². The summed E-state index contributed by atoms with van der Waals surface area (Å²) in [6.45, 7) is 2.90. The van der Waals surface area contributed by atoms with E-state index in [9.17, 15) is 0 Å². The van der Waals surface area contributed by atoms with E-state index in [1.807, 2.05) is 20.0 Å². The Morgan fingerprint density at radius 1 is 1.57 bits per heavy atom. The normalized spacial score (nSPS) is 11.0. The van der Waals surface area contributed by atoms with Crippen molar-refractivity contribution in [3.05, 3.63) is 23.5 Å². The van der Waals surface area contributed by atoms with Gasteiger partial charge in [0, 0.05) is 11.8 Å². The van der Waals surface area contributed by atoms with Crippen LogP contribution < -0.4 is 11.1 Å². The minimum atomic E-state index is 0.329. The number of nitrogen functional groups attached to an aromatic ring is 1. The maximum absolute atomic E-state index is 5.45. The third-order valence-electron chi connectivity index (χ3n) is 1.89. The third kappa shape index (κ3) is 3.14. The molecule has 0 bridgehead atoms. The number of aromatic nitrogens is 2. The zero-order chi connectivity index (χ0) is 10.4. The van der Waals surface area contributed by atoms with E-state index < -0.39 is 0 Å². The number of hydrogen-bond donors (Lipinski definition) is 2. The zero-order valence-corrected chi connectivity index (χ0v) is 8.62. The molecule has 14 heavy (non-hydrogen) atoms. The second-order valence-corrected chi connectivity index (χ2v) is 3.06. The Morgan fingerprint density at radius 2 is 2.36 bits per heavy atom. The van der Waals surface area contributed by atoms with Crippen molar-refractivity contribution in [1.29, 1.82) is 0 Å². The van der Waals surface area contributed by atoms with Gasteiger partial charge in [0.1, 0.15) is 0 Å². The molecule has 76 valence electrons. The van der Waals surface area contributed by atoms with E-state index >= 15 is 0 Å². The van der Waals surface area contributed by atoms with Crippen LogP contribution in [-0.2, 0) is 0 Å². The van der Waals surface area contributed by atoms with Gasteiger partial charge >= 0.3 is 0 Å². The molecule has 0 saturated heterocycles. The van der Waals surface area contributed by atoms with Crippen LogP contribution in [0.1, 0.15) is 17.7 Å². The monoisotopic (exact) mass is 192 g/mol. The third-order valence-corrected chi connectivity index (χ3v) is 1.89. The maximum Gasteiger partial charge on any atom is 0.220 e. The number of hydrogen-bond acceptors (Lipinski definition) is 4. The summed E-state index contributed by atoms with van der Waals surface area (Å²) in [5.41, 5.74) is 7.39. The van der Waals surface area contributed by atoms with E-state index in [-0.39, 0.29) is 0 Å². The molecule has 0 aromatic carbocycles. The van der Waals surface area contributed by atoms with Crippen molar-refractivity contribution >= 4 is 12.0 Å². The lowest BCUT2D eigenvalue weighted by molar-refractivity contribution is 0.809. The van der Waals surface area contributed by atoms with E-state index in [1.54, 1.807) is 6.20 Å². The van der Waals surface area contributed by atoms with Gasteiger partial charge in [-0.25, -0.2) is 9.97 Å². The lowest BCUT2D eigenvalue weighted by Crippen LogP contribution is -2.05. The number of nitrogens with two attached hydrogens (primary N) is 1. The first-order valence-electron chi connectivity index (χ1n) is 4.64. The summed E-state index contributed by atoms with van der Waals surface area (Å²) in [5.74, 6) is 0.329. The van der Waals surface area contributed by atoms with E-state index in [2.05, 4.69) is 21.4 Å². The molecule has 0 aliphatic carbocycles. The van der Waals surface area contributed by atoms with Crippen LogP contribution in [0.3, 0.4) is 0 Å². The first-order chi connectivity index (χ1) is 6.74. The van der Waals surface area contributed by atoms with E-state index in [0.717, 1.165) is 24.2 Å². The van der Waals surface area contributed by atoms with E-state index in [0.29, 0.717) is 5.95 Å². The number of aryl methyl sites for hydroxylation is 1. The van der Waals surface area contributed by atoms with Crippen LogP contribution in [0.15, 0.2) is 12.3 Å². The standard InChI is InChI=1S/C10H16N4/c1-8-9(5-3-4-6-12-2)7-13-10(11)14-8/h3,5,7,12H,4,6H2,1-2H3,(H2,11,13,14). The fourth-order valence-corrected chi connectivity index (χ4v) is 1.10. The molecule has 1 heterocycles.